The Hall–Kier alpha value is -1.20. The highest BCUT2D eigenvalue weighted by atomic mass is 32.1. The topological polar surface area (TPSA) is 53.6 Å². The summed E-state index contributed by atoms with van der Waals surface area (Å²) >= 11 is 1.74. The Morgan fingerprint density at radius 3 is 2.68 bits per heavy atom. The highest BCUT2D eigenvalue weighted by Gasteiger charge is 2.19. The van der Waals surface area contributed by atoms with Crippen LogP contribution in [0.15, 0.2) is 11.6 Å². The monoisotopic (exact) mass is 278 g/mol. The van der Waals surface area contributed by atoms with Gasteiger partial charge in [-0.3, -0.25) is 5.10 Å². The molecule has 0 aliphatic carbocycles. The summed E-state index contributed by atoms with van der Waals surface area (Å²) < 4.78 is 0. The Bertz CT molecular complexity index is 536. The van der Waals surface area contributed by atoms with Crippen molar-refractivity contribution in [2.45, 2.75) is 52.6 Å². The van der Waals surface area contributed by atoms with E-state index in [1.165, 1.54) is 10.6 Å². The van der Waals surface area contributed by atoms with Crippen LogP contribution in [0, 0.1) is 6.92 Å². The number of nitrogens with zero attached hydrogens (tertiary/aromatic N) is 2. The fourth-order valence-corrected chi connectivity index (χ4v) is 2.75. The standard InChI is InChI=1S/C14H22N4S/c1-9-11(7-16-18-9)6-15-10(2)12-8-19-13(17-12)14(3,4)5/h7-8,10,15H,6H2,1-5H3,(H,16,18). The first-order chi connectivity index (χ1) is 8.88. The largest absolute Gasteiger partial charge is 0.305 e. The number of aromatic nitrogens is 3. The zero-order valence-electron chi connectivity index (χ0n) is 12.2. The van der Waals surface area contributed by atoms with Gasteiger partial charge in [0.05, 0.1) is 16.9 Å². The third-order valence-corrected chi connectivity index (χ3v) is 4.43. The van der Waals surface area contributed by atoms with Crippen molar-refractivity contribution in [1.29, 1.82) is 0 Å². The van der Waals surface area contributed by atoms with E-state index < -0.39 is 0 Å². The lowest BCUT2D eigenvalue weighted by atomic mass is 9.98. The maximum Gasteiger partial charge on any atom is 0.0982 e. The van der Waals surface area contributed by atoms with Crippen molar-refractivity contribution in [3.05, 3.63) is 33.5 Å². The van der Waals surface area contributed by atoms with Crippen molar-refractivity contribution in [2.24, 2.45) is 0 Å². The van der Waals surface area contributed by atoms with E-state index in [0.29, 0.717) is 0 Å². The molecule has 0 amide bonds. The fraction of sp³-hybridized carbons (Fsp3) is 0.571. The minimum absolute atomic E-state index is 0.129. The van der Waals surface area contributed by atoms with Crippen LogP contribution >= 0.6 is 11.3 Å². The van der Waals surface area contributed by atoms with Gasteiger partial charge in [-0.15, -0.1) is 11.3 Å². The van der Waals surface area contributed by atoms with E-state index in [2.05, 4.69) is 48.6 Å². The highest BCUT2D eigenvalue weighted by molar-refractivity contribution is 7.09. The first kappa shape index (κ1) is 14.2. The number of aryl methyl sites for hydroxylation is 1. The van der Waals surface area contributed by atoms with Crippen molar-refractivity contribution in [3.8, 4) is 0 Å². The number of nitrogens with one attached hydrogen (secondary N) is 2. The Morgan fingerprint density at radius 2 is 2.16 bits per heavy atom. The molecule has 2 N–H and O–H groups in total. The molecule has 0 spiro atoms. The minimum atomic E-state index is 0.129. The van der Waals surface area contributed by atoms with E-state index in [9.17, 15) is 0 Å². The van der Waals surface area contributed by atoms with Gasteiger partial charge in [0.2, 0.25) is 0 Å². The van der Waals surface area contributed by atoms with Gasteiger partial charge in [-0.25, -0.2) is 4.98 Å². The van der Waals surface area contributed by atoms with Gasteiger partial charge in [-0.05, 0) is 13.8 Å². The average molecular weight is 278 g/mol. The van der Waals surface area contributed by atoms with E-state index in [1.807, 2.05) is 13.1 Å². The molecule has 2 aromatic heterocycles. The zero-order chi connectivity index (χ0) is 14.0. The third kappa shape index (κ3) is 3.42. The maximum absolute atomic E-state index is 4.74. The number of H-pyrrole nitrogens is 1. The second-order valence-electron chi connectivity index (χ2n) is 5.95. The van der Waals surface area contributed by atoms with Gasteiger partial charge >= 0.3 is 0 Å². The first-order valence-corrected chi connectivity index (χ1v) is 7.44. The van der Waals surface area contributed by atoms with Crippen molar-refractivity contribution in [3.63, 3.8) is 0 Å². The molecular weight excluding hydrogens is 256 g/mol. The zero-order valence-corrected chi connectivity index (χ0v) is 13.1. The summed E-state index contributed by atoms with van der Waals surface area (Å²) in [5.41, 5.74) is 3.58. The smallest absolute Gasteiger partial charge is 0.0982 e. The summed E-state index contributed by atoms with van der Waals surface area (Å²) in [6.07, 6.45) is 1.87. The molecule has 2 aromatic rings. The predicted molar refractivity (Wildman–Crippen MR) is 79.4 cm³/mol. The molecule has 2 heterocycles. The number of hydrogen-bond acceptors (Lipinski definition) is 4. The second-order valence-corrected chi connectivity index (χ2v) is 6.81. The van der Waals surface area contributed by atoms with Gasteiger partial charge in [0.1, 0.15) is 0 Å². The molecule has 2 rings (SSSR count). The molecule has 19 heavy (non-hydrogen) atoms. The van der Waals surface area contributed by atoms with Crippen LogP contribution in [-0.2, 0) is 12.0 Å². The lowest BCUT2D eigenvalue weighted by Gasteiger charge is -2.15. The van der Waals surface area contributed by atoms with Gasteiger partial charge < -0.3 is 5.32 Å². The molecule has 0 saturated heterocycles. The van der Waals surface area contributed by atoms with Crippen molar-refractivity contribution < 1.29 is 0 Å². The second kappa shape index (κ2) is 5.43. The molecule has 104 valence electrons. The van der Waals surface area contributed by atoms with Gasteiger partial charge in [-0.2, -0.15) is 5.10 Å². The average Bonchev–Trinajstić information content (AvgIpc) is 2.93. The van der Waals surface area contributed by atoms with Crippen molar-refractivity contribution >= 4 is 11.3 Å². The number of thiazole rings is 1. The van der Waals surface area contributed by atoms with E-state index in [-0.39, 0.29) is 11.5 Å². The molecule has 0 aromatic carbocycles. The van der Waals surface area contributed by atoms with E-state index in [0.717, 1.165) is 17.9 Å². The van der Waals surface area contributed by atoms with Crippen molar-refractivity contribution in [2.75, 3.05) is 0 Å². The summed E-state index contributed by atoms with van der Waals surface area (Å²) in [6, 6.07) is 0.252. The number of aromatic amines is 1. The minimum Gasteiger partial charge on any atom is -0.305 e. The fourth-order valence-electron chi connectivity index (χ4n) is 1.75. The number of hydrogen-bond donors (Lipinski definition) is 2. The van der Waals surface area contributed by atoms with Gasteiger partial charge in [0.15, 0.2) is 0 Å². The maximum atomic E-state index is 4.74. The SMILES string of the molecule is Cc1[nH]ncc1CNC(C)c1csc(C(C)(C)C)n1. The molecule has 4 nitrogen and oxygen atoms in total. The Balaban J connectivity index is 1.98. The molecule has 0 fully saturated rings. The quantitative estimate of drug-likeness (QED) is 0.902. The van der Waals surface area contributed by atoms with Crippen LogP contribution in [0.3, 0.4) is 0 Å². The Morgan fingerprint density at radius 1 is 1.42 bits per heavy atom. The summed E-state index contributed by atoms with van der Waals surface area (Å²) in [4.78, 5) is 4.74. The molecule has 0 aliphatic heterocycles. The molecule has 0 aliphatic rings. The van der Waals surface area contributed by atoms with Crippen LogP contribution in [-0.4, -0.2) is 15.2 Å². The lowest BCUT2D eigenvalue weighted by molar-refractivity contribution is 0.546. The summed E-state index contributed by atoms with van der Waals surface area (Å²) in [7, 11) is 0. The summed E-state index contributed by atoms with van der Waals surface area (Å²) in [5, 5.41) is 13.8. The molecular formula is C14H22N4S. The van der Waals surface area contributed by atoms with Crippen LogP contribution in [0.1, 0.15) is 55.7 Å². The van der Waals surface area contributed by atoms with E-state index in [1.54, 1.807) is 11.3 Å². The van der Waals surface area contributed by atoms with E-state index >= 15 is 0 Å². The van der Waals surface area contributed by atoms with E-state index in [4.69, 9.17) is 4.98 Å². The summed E-state index contributed by atoms with van der Waals surface area (Å²) in [5.74, 6) is 0. The van der Waals surface area contributed by atoms with Crippen LogP contribution in [0.5, 0.6) is 0 Å². The Kier molecular flexibility index (Phi) is 4.06. The molecule has 0 radical (unpaired) electrons. The van der Waals surface area contributed by atoms with Crippen molar-refractivity contribution in [1.82, 2.24) is 20.5 Å². The molecule has 0 bridgehead atoms. The summed E-state index contributed by atoms with van der Waals surface area (Å²) in [6.45, 7) is 11.6. The van der Waals surface area contributed by atoms with Gasteiger partial charge in [0, 0.05) is 34.6 Å². The van der Waals surface area contributed by atoms with Crippen LogP contribution in [0.4, 0.5) is 0 Å². The molecule has 1 atom stereocenters. The Labute approximate surface area is 118 Å². The molecule has 5 heteroatoms. The third-order valence-electron chi connectivity index (χ3n) is 3.14. The van der Waals surface area contributed by atoms with Gasteiger partial charge in [0.25, 0.3) is 0 Å². The molecule has 0 saturated carbocycles. The normalized spacial score (nSPS) is 13.7. The highest BCUT2D eigenvalue weighted by Crippen LogP contribution is 2.27. The first-order valence-electron chi connectivity index (χ1n) is 6.56. The van der Waals surface area contributed by atoms with Crippen LogP contribution < -0.4 is 5.32 Å². The number of rotatable bonds is 4. The lowest BCUT2D eigenvalue weighted by Crippen LogP contribution is -2.19. The molecule has 1 unspecified atom stereocenters. The van der Waals surface area contributed by atoms with Gasteiger partial charge in [-0.1, -0.05) is 20.8 Å². The van der Waals surface area contributed by atoms with Crippen LogP contribution in [0.2, 0.25) is 0 Å². The predicted octanol–water partition coefficient (Wildman–Crippen LogP) is 3.32. The van der Waals surface area contributed by atoms with Crippen LogP contribution in [0.25, 0.3) is 0 Å².